The Balaban J connectivity index is 3.09. The van der Waals surface area contributed by atoms with Crippen LogP contribution in [0.2, 0.25) is 0 Å². The van der Waals surface area contributed by atoms with Crippen LogP contribution in [0.1, 0.15) is 76.0 Å². The minimum atomic E-state index is 0.116. The van der Waals surface area contributed by atoms with Crippen LogP contribution in [0.15, 0.2) is 6.07 Å². The fourth-order valence-electron chi connectivity index (χ4n) is 2.59. The van der Waals surface area contributed by atoms with Gasteiger partial charge in [0.05, 0.1) is 0 Å². The van der Waals surface area contributed by atoms with Gasteiger partial charge in [0.2, 0.25) is 0 Å². The summed E-state index contributed by atoms with van der Waals surface area (Å²) in [6.07, 6.45) is 9.31. The first kappa shape index (κ1) is 16.9. The predicted octanol–water partition coefficient (Wildman–Crippen LogP) is 5.13. The van der Waals surface area contributed by atoms with Gasteiger partial charge in [-0.15, -0.1) is 0 Å². The maximum absolute atomic E-state index is 10.3. The number of rotatable bonds is 9. The highest BCUT2D eigenvalue weighted by Gasteiger charge is 2.16. The van der Waals surface area contributed by atoms with E-state index in [9.17, 15) is 10.2 Å². The van der Waals surface area contributed by atoms with Crippen molar-refractivity contribution in [2.24, 2.45) is 0 Å². The molecule has 0 aliphatic carbocycles. The average Bonchev–Trinajstić information content (AvgIpc) is 2.46. The van der Waals surface area contributed by atoms with E-state index in [2.05, 4.69) is 26.8 Å². The summed E-state index contributed by atoms with van der Waals surface area (Å²) >= 11 is 0. The van der Waals surface area contributed by atoms with Crippen molar-refractivity contribution in [1.82, 2.24) is 0 Å². The van der Waals surface area contributed by atoms with E-state index in [4.69, 9.17) is 0 Å². The molecule has 0 atom stereocenters. The zero-order valence-electron chi connectivity index (χ0n) is 13.3. The van der Waals surface area contributed by atoms with Crippen LogP contribution in [0.4, 0.5) is 0 Å². The molecule has 0 saturated heterocycles. The standard InChI is InChI=1S/C18H30O2/c1-4-7-10-14-13-15(11-8-5-2)17(19)18(20)16(14)12-9-6-3/h13,19-20H,4-12H2,1-3H3. The monoisotopic (exact) mass is 278 g/mol. The zero-order chi connectivity index (χ0) is 15.0. The summed E-state index contributed by atoms with van der Waals surface area (Å²) < 4.78 is 0. The van der Waals surface area contributed by atoms with Gasteiger partial charge in [-0.25, -0.2) is 0 Å². The molecular formula is C18H30O2. The summed E-state index contributed by atoms with van der Waals surface area (Å²) in [4.78, 5) is 0. The predicted molar refractivity (Wildman–Crippen MR) is 85.6 cm³/mol. The molecular weight excluding hydrogens is 248 g/mol. The van der Waals surface area contributed by atoms with E-state index >= 15 is 0 Å². The van der Waals surface area contributed by atoms with Crippen molar-refractivity contribution < 1.29 is 10.2 Å². The summed E-state index contributed by atoms with van der Waals surface area (Å²) in [5.41, 5.74) is 3.12. The zero-order valence-corrected chi connectivity index (χ0v) is 13.3. The second kappa shape index (κ2) is 8.89. The summed E-state index contributed by atoms with van der Waals surface area (Å²) in [5, 5.41) is 20.5. The number of benzene rings is 1. The van der Waals surface area contributed by atoms with Gasteiger partial charge in [-0.3, -0.25) is 0 Å². The van der Waals surface area contributed by atoms with E-state index in [-0.39, 0.29) is 11.5 Å². The molecule has 1 aromatic carbocycles. The molecule has 114 valence electrons. The molecule has 1 rings (SSSR count). The minimum Gasteiger partial charge on any atom is -0.504 e. The highest BCUT2D eigenvalue weighted by molar-refractivity contribution is 5.54. The van der Waals surface area contributed by atoms with Gasteiger partial charge in [0.1, 0.15) is 0 Å². The second-order valence-electron chi connectivity index (χ2n) is 5.68. The quantitative estimate of drug-likeness (QED) is 0.615. The van der Waals surface area contributed by atoms with E-state index < -0.39 is 0 Å². The maximum atomic E-state index is 10.3. The summed E-state index contributed by atoms with van der Waals surface area (Å²) in [6, 6.07) is 2.13. The molecule has 0 aromatic heterocycles. The van der Waals surface area contributed by atoms with Gasteiger partial charge < -0.3 is 10.2 Å². The number of hydrogen-bond donors (Lipinski definition) is 2. The molecule has 0 spiro atoms. The van der Waals surface area contributed by atoms with E-state index in [0.717, 1.165) is 68.9 Å². The molecule has 2 N–H and O–H groups in total. The number of phenols is 2. The molecule has 0 aliphatic rings. The van der Waals surface area contributed by atoms with Crippen molar-refractivity contribution in [1.29, 1.82) is 0 Å². The number of aryl methyl sites for hydroxylation is 2. The van der Waals surface area contributed by atoms with Crippen molar-refractivity contribution in [2.75, 3.05) is 0 Å². The molecule has 1 aromatic rings. The molecule has 2 nitrogen and oxygen atoms in total. The third-order valence-corrected chi connectivity index (χ3v) is 3.93. The maximum Gasteiger partial charge on any atom is 0.161 e. The Kier molecular flexibility index (Phi) is 7.50. The fourth-order valence-corrected chi connectivity index (χ4v) is 2.59. The van der Waals surface area contributed by atoms with Crippen LogP contribution < -0.4 is 0 Å². The SMILES string of the molecule is CCCCc1cc(CCCC)c(CCCC)c(O)c1O. The largest absolute Gasteiger partial charge is 0.504 e. The van der Waals surface area contributed by atoms with Gasteiger partial charge in [0, 0.05) is 5.56 Å². The number of aromatic hydroxyl groups is 2. The van der Waals surface area contributed by atoms with Crippen molar-refractivity contribution in [3.63, 3.8) is 0 Å². The lowest BCUT2D eigenvalue weighted by Crippen LogP contribution is -1.99. The molecule has 0 aliphatic heterocycles. The van der Waals surface area contributed by atoms with Crippen molar-refractivity contribution in [2.45, 2.75) is 78.6 Å². The molecule has 0 radical (unpaired) electrons. The highest BCUT2D eigenvalue weighted by atomic mass is 16.3. The minimum absolute atomic E-state index is 0.116. The number of unbranched alkanes of at least 4 members (excludes halogenated alkanes) is 3. The normalized spacial score (nSPS) is 10.9. The van der Waals surface area contributed by atoms with Gasteiger partial charge in [-0.05, 0) is 49.7 Å². The topological polar surface area (TPSA) is 40.5 Å². The molecule has 0 amide bonds. The first-order chi connectivity index (χ1) is 9.65. The Bertz CT molecular complexity index is 410. The van der Waals surface area contributed by atoms with Gasteiger partial charge in [0.25, 0.3) is 0 Å². The molecule has 0 saturated carbocycles. The average molecular weight is 278 g/mol. The lowest BCUT2D eigenvalue weighted by atomic mass is 9.92. The van der Waals surface area contributed by atoms with Gasteiger partial charge in [-0.2, -0.15) is 0 Å². The Hall–Kier alpha value is -1.18. The van der Waals surface area contributed by atoms with Crippen molar-refractivity contribution >= 4 is 0 Å². The van der Waals surface area contributed by atoms with Gasteiger partial charge in [-0.1, -0.05) is 46.1 Å². The van der Waals surface area contributed by atoms with Crippen LogP contribution >= 0.6 is 0 Å². The second-order valence-corrected chi connectivity index (χ2v) is 5.68. The van der Waals surface area contributed by atoms with E-state index in [1.165, 1.54) is 5.56 Å². The molecule has 0 bridgehead atoms. The third-order valence-electron chi connectivity index (χ3n) is 3.93. The van der Waals surface area contributed by atoms with Crippen LogP contribution in [0.25, 0.3) is 0 Å². The van der Waals surface area contributed by atoms with Gasteiger partial charge in [0.15, 0.2) is 11.5 Å². The first-order valence-electron chi connectivity index (χ1n) is 8.21. The highest BCUT2D eigenvalue weighted by Crippen LogP contribution is 2.37. The third kappa shape index (κ3) is 4.43. The first-order valence-corrected chi connectivity index (χ1v) is 8.21. The molecule has 20 heavy (non-hydrogen) atoms. The number of hydrogen-bond acceptors (Lipinski definition) is 2. The van der Waals surface area contributed by atoms with E-state index in [1.54, 1.807) is 0 Å². The Morgan fingerprint density at radius 1 is 0.700 bits per heavy atom. The van der Waals surface area contributed by atoms with Crippen molar-refractivity contribution in [3.05, 3.63) is 22.8 Å². The number of phenolic OH excluding ortho intramolecular Hbond substituents is 2. The summed E-state index contributed by atoms with van der Waals surface area (Å²) in [6.45, 7) is 6.48. The van der Waals surface area contributed by atoms with Crippen LogP contribution in [0.5, 0.6) is 11.5 Å². The van der Waals surface area contributed by atoms with E-state index in [0.29, 0.717) is 0 Å². The summed E-state index contributed by atoms with van der Waals surface area (Å²) in [7, 11) is 0. The Morgan fingerprint density at radius 2 is 1.20 bits per heavy atom. The smallest absolute Gasteiger partial charge is 0.161 e. The molecule has 0 heterocycles. The van der Waals surface area contributed by atoms with Crippen LogP contribution in [0.3, 0.4) is 0 Å². The molecule has 2 heteroatoms. The van der Waals surface area contributed by atoms with Crippen molar-refractivity contribution in [3.8, 4) is 11.5 Å². The summed E-state index contributed by atoms with van der Waals surface area (Å²) in [5.74, 6) is 0.253. The lowest BCUT2D eigenvalue weighted by molar-refractivity contribution is 0.393. The van der Waals surface area contributed by atoms with Crippen LogP contribution in [-0.4, -0.2) is 10.2 Å². The van der Waals surface area contributed by atoms with E-state index in [1.807, 2.05) is 0 Å². The fraction of sp³-hybridized carbons (Fsp3) is 0.667. The van der Waals surface area contributed by atoms with Gasteiger partial charge >= 0.3 is 0 Å². The van der Waals surface area contributed by atoms with Crippen LogP contribution in [-0.2, 0) is 19.3 Å². The van der Waals surface area contributed by atoms with Crippen LogP contribution in [0, 0.1) is 0 Å². The Morgan fingerprint density at radius 3 is 1.75 bits per heavy atom. The molecule has 0 fully saturated rings. The Labute approximate surface area is 123 Å². The molecule has 0 unspecified atom stereocenters. The lowest BCUT2D eigenvalue weighted by Gasteiger charge is -2.16.